The quantitative estimate of drug-likeness (QED) is 0.391. The second kappa shape index (κ2) is 8.46. The maximum Gasteiger partial charge on any atom is 0.128 e. The molecule has 2 aromatic heterocycles. The zero-order valence-electron chi connectivity index (χ0n) is 16.1. The van der Waals surface area contributed by atoms with Crippen LogP contribution in [0.4, 0.5) is 0 Å². The van der Waals surface area contributed by atoms with Crippen LogP contribution in [0, 0.1) is 6.92 Å². The fourth-order valence-electron chi connectivity index (χ4n) is 3.47. The van der Waals surface area contributed by atoms with Crippen LogP contribution in [0.15, 0.2) is 54.9 Å². The van der Waals surface area contributed by atoms with Gasteiger partial charge in [-0.3, -0.25) is 0 Å². The van der Waals surface area contributed by atoms with E-state index >= 15 is 0 Å². The third-order valence-corrected chi connectivity index (χ3v) is 4.85. The summed E-state index contributed by atoms with van der Waals surface area (Å²) in [5.41, 5.74) is 4.33. The molecule has 0 saturated heterocycles. The number of aryl methyl sites for hydroxylation is 2. The fraction of sp³-hybridized carbons (Fsp3) is 0.318. The molecule has 4 aromatic rings. The van der Waals surface area contributed by atoms with Gasteiger partial charge in [0.25, 0.3) is 0 Å². The van der Waals surface area contributed by atoms with Gasteiger partial charge in [0.2, 0.25) is 0 Å². The van der Waals surface area contributed by atoms with Crippen molar-refractivity contribution in [1.29, 1.82) is 0 Å². The van der Waals surface area contributed by atoms with Gasteiger partial charge in [0, 0.05) is 29.7 Å². The van der Waals surface area contributed by atoms with Crippen LogP contribution in [0.2, 0.25) is 0 Å². The Morgan fingerprint density at radius 2 is 2.11 bits per heavy atom. The smallest absolute Gasteiger partial charge is 0.128 e. The third kappa shape index (κ3) is 4.18. The zero-order chi connectivity index (χ0) is 19.3. The van der Waals surface area contributed by atoms with Crippen LogP contribution in [-0.2, 0) is 6.54 Å². The molecule has 0 spiro atoms. The Morgan fingerprint density at radius 1 is 1.21 bits per heavy atom. The molecule has 3 N–H and O–H groups in total. The molecule has 0 aliphatic carbocycles. The highest BCUT2D eigenvalue weighted by atomic mass is 16.5. The van der Waals surface area contributed by atoms with Crippen molar-refractivity contribution >= 4 is 21.9 Å². The second-order valence-electron chi connectivity index (χ2n) is 7.12. The molecule has 6 heteroatoms. The monoisotopic (exact) mass is 378 g/mol. The van der Waals surface area contributed by atoms with E-state index in [1.807, 2.05) is 49.6 Å². The molecule has 0 fully saturated rings. The Bertz CT molecular complexity index is 1050. The van der Waals surface area contributed by atoms with E-state index in [1.165, 1.54) is 0 Å². The van der Waals surface area contributed by atoms with Gasteiger partial charge >= 0.3 is 0 Å². The number of hydrogen-bond acceptors (Lipinski definition) is 4. The lowest BCUT2D eigenvalue weighted by Gasteiger charge is -2.14. The fourth-order valence-corrected chi connectivity index (χ4v) is 3.47. The maximum absolute atomic E-state index is 10.2. The summed E-state index contributed by atoms with van der Waals surface area (Å²) >= 11 is 0. The van der Waals surface area contributed by atoms with Gasteiger partial charge in [-0.25, -0.2) is 4.98 Å². The van der Waals surface area contributed by atoms with E-state index in [9.17, 15) is 5.11 Å². The molecule has 1 unspecified atom stereocenters. The van der Waals surface area contributed by atoms with Gasteiger partial charge in [0.15, 0.2) is 0 Å². The van der Waals surface area contributed by atoms with E-state index in [2.05, 4.69) is 32.0 Å². The number of nitrogens with one attached hydrogen (secondary N) is 2. The van der Waals surface area contributed by atoms with Gasteiger partial charge < -0.3 is 24.7 Å². The first-order valence-electron chi connectivity index (χ1n) is 9.70. The van der Waals surface area contributed by atoms with Crippen LogP contribution in [-0.4, -0.2) is 45.4 Å². The minimum atomic E-state index is -0.552. The number of aromatic amines is 1. The molecule has 2 aromatic carbocycles. The highest BCUT2D eigenvalue weighted by Gasteiger charge is 2.09. The molecular weight excluding hydrogens is 352 g/mol. The van der Waals surface area contributed by atoms with Crippen molar-refractivity contribution in [3.63, 3.8) is 0 Å². The van der Waals surface area contributed by atoms with E-state index in [0.717, 1.165) is 52.9 Å². The van der Waals surface area contributed by atoms with Crippen LogP contribution >= 0.6 is 0 Å². The van der Waals surface area contributed by atoms with Gasteiger partial charge in [0.1, 0.15) is 18.5 Å². The molecule has 0 bridgehead atoms. The number of fused-ring (bicyclic) bond motifs is 2. The molecular formula is C22H26N4O2. The molecule has 4 rings (SSSR count). The number of ether oxygens (including phenoxy) is 1. The summed E-state index contributed by atoms with van der Waals surface area (Å²) in [5.74, 6) is 0.799. The maximum atomic E-state index is 10.2. The van der Waals surface area contributed by atoms with Crippen molar-refractivity contribution in [2.45, 2.75) is 26.0 Å². The SMILES string of the molecule is Cc1cc2c(OCC(O)CNCCCn3cnc4ccccc43)cccc2[nH]1. The predicted molar refractivity (Wildman–Crippen MR) is 112 cm³/mol. The largest absolute Gasteiger partial charge is 0.490 e. The van der Waals surface area contributed by atoms with Crippen molar-refractivity contribution in [2.24, 2.45) is 0 Å². The van der Waals surface area contributed by atoms with E-state index in [0.29, 0.717) is 6.54 Å². The van der Waals surface area contributed by atoms with E-state index < -0.39 is 6.10 Å². The van der Waals surface area contributed by atoms with Crippen LogP contribution in [0.5, 0.6) is 5.75 Å². The second-order valence-corrected chi connectivity index (χ2v) is 7.12. The lowest BCUT2D eigenvalue weighted by atomic mass is 10.2. The first-order valence-corrected chi connectivity index (χ1v) is 9.70. The van der Waals surface area contributed by atoms with Crippen LogP contribution < -0.4 is 10.1 Å². The van der Waals surface area contributed by atoms with Crippen molar-refractivity contribution in [2.75, 3.05) is 19.7 Å². The molecule has 1 atom stereocenters. The summed E-state index contributed by atoms with van der Waals surface area (Å²) in [6.07, 6.45) is 2.30. The lowest BCUT2D eigenvalue weighted by molar-refractivity contribution is 0.107. The molecule has 0 saturated carbocycles. The molecule has 28 heavy (non-hydrogen) atoms. The standard InChI is InChI=1S/C22H26N4O2/c1-16-12-18-19(25-16)7-4-9-22(18)28-14-17(27)13-23-10-5-11-26-15-24-20-6-2-3-8-21(20)26/h2-4,6-9,12,15,17,23,25,27H,5,10-11,13-14H2,1H3. The Balaban J connectivity index is 1.19. The lowest BCUT2D eigenvalue weighted by Crippen LogP contribution is -2.32. The number of hydrogen-bond donors (Lipinski definition) is 3. The van der Waals surface area contributed by atoms with Crippen molar-refractivity contribution in [1.82, 2.24) is 19.9 Å². The number of benzene rings is 2. The molecule has 0 radical (unpaired) electrons. The summed E-state index contributed by atoms with van der Waals surface area (Å²) < 4.78 is 8.00. The minimum Gasteiger partial charge on any atom is -0.490 e. The van der Waals surface area contributed by atoms with E-state index in [4.69, 9.17) is 4.74 Å². The number of imidazole rings is 1. The Labute approximate surface area is 164 Å². The normalized spacial score (nSPS) is 12.6. The van der Waals surface area contributed by atoms with Gasteiger partial charge in [-0.15, -0.1) is 0 Å². The van der Waals surface area contributed by atoms with Gasteiger partial charge in [-0.05, 0) is 50.2 Å². The molecule has 2 heterocycles. The number of para-hydroxylation sites is 2. The summed E-state index contributed by atoms with van der Waals surface area (Å²) in [7, 11) is 0. The summed E-state index contributed by atoms with van der Waals surface area (Å²) in [6, 6.07) is 16.1. The Morgan fingerprint density at radius 3 is 3.04 bits per heavy atom. The molecule has 0 aliphatic rings. The third-order valence-electron chi connectivity index (χ3n) is 4.85. The number of rotatable bonds is 9. The minimum absolute atomic E-state index is 0.266. The number of H-pyrrole nitrogens is 1. The zero-order valence-corrected chi connectivity index (χ0v) is 16.1. The van der Waals surface area contributed by atoms with Gasteiger partial charge in [-0.2, -0.15) is 0 Å². The molecule has 0 aliphatic heterocycles. The number of aliphatic hydroxyl groups is 1. The average Bonchev–Trinajstić information content (AvgIpc) is 3.29. The van der Waals surface area contributed by atoms with Crippen LogP contribution in [0.1, 0.15) is 12.1 Å². The molecule has 6 nitrogen and oxygen atoms in total. The molecule has 0 amide bonds. The van der Waals surface area contributed by atoms with Crippen molar-refractivity contribution in [3.05, 3.63) is 60.6 Å². The number of aromatic nitrogens is 3. The first-order chi connectivity index (χ1) is 13.7. The summed E-state index contributed by atoms with van der Waals surface area (Å²) in [6.45, 7) is 4.52. The summed E-state index contributed by atoms with van der Waals surface area (Å²) in [4.78, 5) is 7.70. The van der Waals surface area contributed by atoms with Crippen molar-refractivity contribution < 1.29 is 9.84 Å². The molecule has 146 valence electrons. The average molecular weight is 378 g/mol. The van der Waals surface area contributed by atoms with Crippen LogP contribution in [0.25, 0.3) is 21.9 Å². The summed E-state index contributed by atoms with van der Waals surface area (Å²) in [5, 5.41) is 14.6. The number of aliphatic hydroxyl groups excluding tert-OH is 1. The van der Waals surface area contributed by atoms with Gasteiger partial charge in [-0.1, -0.05) is 18.2 Å². The van der Waals surface area contributed by atoms with Crippen LogP contribution in [0.3, 0.4) is 0 Å². The highest BCUT2D eigenvalue weighted by molar-refractivity contribution is 5.86. The Kier molecular flexibility index (Phi) is 5.60. The topological polar surface area (TPSA) is 75.1 Å². The number of nitrogens with zero attached hydrogens (tertiary/aromatic N) is 2. The van der Waals surface area contributed by atoms with E-state index in [-0.39, 0.29) is 6.61 Å². The first kappa shape index (κ1) is 18.5. The highest BCUT2D eigenvalue weighted by Crippen LogP contribution is 2.26. The Hall–Kier alpha value is -2.83. The van der Waals surface area contributed by atoms with E-state index in [1.54, 1.807) is 0 Å². The van der Waals surface area contributed by atoms with Gasteiger partial charge in [0.05, 0.1) is 17.4 Å². The predicted octanol–water partition coefficient (Wildman–Crippen LogP) is 3.25. The van der Waals surface area contributed by atoms with Crippen molar-refractivity contribution in [3.8, 4) is 5.75 Å².